The lowest BCUT2D eigenvalue weighted by molar-refractivity contribution is -0.137. The zero-order valence-electron chi connectivity index (χ0n) is 14.4. The van der Waals surface area contributed by atoms with Crippen molar-refractivity contribution in [1.29, 1.82) is 0 Å². The Kier molecular flexibility index (Phi) is 4.33. The molecule has 140 valence electrons. The number of rotatable bonds is 3. The molecule has 0 spiro atoms. The molecule has 2 amide bonds. The highest BCUT2D eigenvalue weighted by Gasteiger charge is 2.36. The molecular formula is C19H18N2O6. The van der Waals surface area contributed by atoms with Crippen LogP contribution in [0.2, 0.25) is 0 Å². The van der Waals surface area contributed by atoms with Gasteiger partial charge in [-0.05, 0) is 18.2 Å². The third-order valence-electron chi connectivity index (χ3n) is 4.54. The lowest BCUT2D eigenvalue weighted by Crippen LogP contribution is -2.46. The van der Waals surface area contributed by atoms with Crippen LogP contribution in [-0.4, -0.2) is 36.9 Å². The number of carbonyl (C=O) groups excluding carboxylic acids is 2. The van der Waals surface area contributed by atoms with Crippen molar-refractivity contribution in [2.45, 2.75) is 12.0 Å². The van der Waals surface area contributed by atoms with Crippen LogP contribution < -0.4 is 24.8 Å². The number of carbonyl (C=O) groups is 2. The number of fused-ring (bicyclic) bond motifs is 2. The molecule has 27 heavy (non-hydrogen) atoms. The minimum absolute atomic E-state index is 0.0965. The van der Waals surface area contributed by atoms with E-state index in [1.54, 1.807) is 36.4 Å². The Morgan fingerprint density at radius 3 is 2.70 bits per heavy atom. The Morgan fingerprint density at radius 1 is 1.00 bits per heavy atom. The maximum absolute atomic E-state index is 12.2. The first kappa shape index (κ1) is 17.2. The van der Waals surface area contributed by atoms with E-state index < -0.39 is 17.4 Å². The second kappa shape index (κ2) is 6.81. The minimum atomic E-state index is -1.29. The average Bonchev–Trinajstić information content (AvgIpc) is 3.14. The maximum atomic E-state index is 12.2. The van der Waals surface area contributed by atoms with Crippen LogP contribution in [0, 0.1) is 0 Å². The Balaban J connectivity index is 1.39. The van der Waals surface area contributed by atoms with E-state index in [-0.39, 0.29) is 13.3 Å². The first-order valence-electron chi connectivity index (χ1n) is 8.49. The van der Waals surface area contributed by atoms with Gasteiger partial charge in [0, 0.05) is 23.7 Å². The van der Waals surface area contributed by atoms with Crippen molar-refractivity contribution in [2.75, 3.05) is 25.3 Å². The molecular weight excluding hydrogens is 352 g/mol. The standard InChI is InChI=1S/C19H18N2O6/c22-17(18(23)21-12-5-6-15-16(9-12)27-11-26-15)20-10-19(24)7-8-25-14-4-2-1-3-13(14)19/h1-6,9,24H,7-8,10-11H2,(H,20,22)(H,21,23)/t19-/m0/s1. The number of aliphatic hydroxyl groups is 1. The van der Waals surface area contributed by atoms with Gasteiger partial charge in [-0.25, -0.2) is 0 Å². The van der Waals surface area contributed by atoms with Crippen molar-refractivity contribution in [3.05, 3.63) is 48.0 Å². The van der Waals surface area contributed by atoms with Crippen LogP contribution in [0.5, 0.6) is 17.2 Å². The smallest absolute Gasteiger partial charge is 0.313 e. The Labute approximate surface area is 155 Å². The van der Waals surface area contributed by atoms with Gasteiger partial charge in [-0.1, -0.05) is 18.2 Å². The highest BCUT2D eigenvalue weighted by molar-refractivity contribution is 6.39. The van der Waals surface area contributed by atoms with E-state index in [0.29, 0.717) is 41.5 Å². The molecule has 0 unspecified atom stereocenters. The van der Waals surface area contributed by atoms with Crippen molar-refractivity contribution >= 4 is 17.5 Å². The van der Waals surface area contributed by atoms with Crippen LogP contribution in [-0.2, 0) is 15.2 Å². The van der Waals surface area contributed by atoms with E-state index in [1.807, 2.05) is 6.07 Å². The highest BCUT2D eigenvalue weighted by Crippen LogP contribution is 2.36. The number of hydrogen-bond acceptors (Lipinski definition) is 6. The van der Waals surface area contributed by atoms with Gasteiger partial charge < -0.3 is 30.0 Å². The normalized spacial score (nSPS) is 19.6. The van der Waals surface area contributed by atoms with E-state index in [0.717, 1.165) is 0 Å². The van der Waals surface area contributed by atoms with E-state index in [9.17, 15) is 14.7 Å². The molecule has 2 aromatic carbocycles. The second-order valence-electron chi connectivity index (χ2n) is 6.33. The molecule has 0 radical (unpaired) electrons. The number of anilines is 1. The summed E-state index contributed by atoms with van der Waals surface area (Å²) in [6.45, 7) is 0.352. The van der Waals surface area contributed by atoms with Crippen LogP contribution in [0.4, 0.5) is 5.69 Å². The van der Waals surface area contributed by atoms with Crippen molar-refractivity contribution in [2.24, 2.45) is 0 Å². The van der Waals surface area contributed by atoms with E-state index in [4.69, 9.17) is 14.2 Å². The molecule has 4 rings (SSSR count). The summed E-state index contributed by atoms with van der Waals surface area (Å²) in [5.41, 5.74) is -0.286. The molecule has 3 N–H and O–H groups in total. The number of amides is 2. The van der Waals surface area contributed by atoms with Gasteiger partial charge in [-0.3, -0.25) is 9.59 Å². The quantitative estimate of drug-likeness (QED) is 0.700. The van der Waals surface area contributed by atoms with Crippen LogP contribution in [0.1, 0.15) is 12.0 Å². The summed E-state index contributed by atoms with van der Waals surface area (Å²) in [5.74, 6) is -0.0210. The molecule has 0 aromatic heterocycles. The first-order valence-corrected chi connectivity index (χ1v) is 8.49. The summed E-state index contributed by atoms with van der Waals surface area (Å²) in [4.78, 5) is 24.3. The third-order valence-corrected chi connectivity index (χ3v) is 4.54. The van der Waals surface area contributed by atoms with Crippen LogP contribution in [0.3, 0.4) is 0 Å². The summed E-state index contributed by atoms with van der Waals surface area (Å²) >= 11 is 0. The van der Waals surface area contributed by atoms with Gasteiger partial charge in [0.1, 0.15) is 11.4 Å². The van der Waals surface area contributed by atoms with Crippen LogP contribution >= 0.6 is 0 Å². The maximum Gasteiger partial charge on any atom is 0.313 e. The number of benzene rings is 2. The Hall–Kier alpha value is -3.26. The summed E-state index contributed by atoms with van der Waals surface area (Å²) in [6, 6.07) is 11.9. The third kappa shape index (κ3) is 3.39. The van der Waals surface area contributed by atoms with Crippen LogP contribution in [0.15, 0.2) is 42.5 Å². The summed E-state index contributed by atoms with van der Waals surface area (Å²) in [5, 5.41) is 15.9. The summed E-state index contributed by atoms with van der Waals surface area (Å²) < 4.78 is 15.9. The van der Waals surface area contributed by atoms with Gasteiger partial charge in [0.15, 0.2) is 11.5 Å². The molecule has 8 nitrogen and oxygen atoms in total. The number of nitrogens with one attached hydrogen (secondary N) is 2. The van der Waals surface area contributed by atoms with Gasteiger partial charge in [0.25, 0.3) is 0 Å². The minimum Gasteiger partial charge on any atom is -0.493 e. The summed E-state index contributed by atoms with van der Waals surface area (Å²) in [6.07, 6.45) is 0.314. The predicted molar refractivity (Wildman–Crippen MR) is 94.7 cm³/mol. The predicted octanol–water partition coefficient (Wildman–Crippen LogP) is 1.14. The molecule has 1 atom stereocenters. The molecule has 2 aliphatic rings. The lowest BCUT2D eigenvalue weighted by atomic mass is 9.88. The second-order valence-corrected chi connectivity index (χ2v) is 6.33. The first-order chi connectivity index (χ1) is 13.0. The van der Waals surface area contributed by atoms with Gasteiger partial charge in [0.2, 0.25) is 6.79 Å². The summed E-state index contributed by atoms with van der Waals surface area (Å²) in [7, 11) is 0. The van der Waals surface area contributed by atoms with Gasteiger partial charge in [0.05, 0.1) is 13.2 Å². The number of hydrogen-bond donors (Lipinski definition) is 3. The number of para-hydroxylation sites is 1. The Bertz CT molecular complexity index is 900. The van der Waals surface area contributed by atoms with Crippen molar-refractivity contribution in [3.63, 3.8) is 0 Å². The fourth-order valence-electron chi connectivity index (χ4n) is 3.09. The van der Waals surface area contributed by atoms with E-state index in [1.165, 1.54) is 0 Å². The zero-order valence-corrected chi connectivity index (χ0v) is 14.4. The fraction of sp³-hybridized carbons (Fsp3) is 0.263. The molecule has 0 bridgehead atoms. The molecule has 0 saturated heterocycles. The van der Waals surface area contributed by atoms with Gasteiger partial charge in [-0.2, -0.15) is 0 Å². The van der Waals surface area contributed by atoms with Gasteiger partial charge >= 0.3 is 11.8 Å². The van der Waals surface area contributed by atoms with Crippen molar-refractivity contribution in [1.82, 2.24) is 5.32 Å². The van der Waals surface area contributed by atoms with E-state index >= 15 is 0 Å². The van der Waals surface area contributed by atoms with Gasteiger partial charge in [-0.15, -0.1) is 0 Å². The molecule has 2 heterocycles. The fourth-order valence-corrected chi connectivity index (χ4v) is 3.09. The molecule has 0 fully saturated rings. The molecule has 2 aliphatic heterocycles. The highest BCUT2D eigenvalue weighted by atomic mass is 16.7. The van der Waals surface area contributed by atoms with Crippen LogP contribution in [0.25, 0.3) is 0 Å². The SMILES string of the molecule is O=C(NC[C@@]1(O)CCOc2ccccc21)C(=O)Nc1ccc2c(c1)OCO2. The molecule has 8 heteroatoms. The average molecular weight is 370 g/mol. The molecule has 2 aromatic rings. The van der Waals surface area contributed by atoms with Crippen molar-refractivity contribution < 1.29 is 28.9 Å². The zero-order chi connectivity index (χ0) is 18.9. The molecule has 0 saturated carbocycles. The van der Waals surface area contributed by atoms with E-state index in [2.05, 4.69) is 10.6 Å². The molecule has 0 aliphatic carbocycles. The van der Waals surface area contributed by atoms with Crippen molar-refractivity contribution in [3.8, 4) is 17.2 Å². The lowest BCUT2D eigenvalue weighted by Gasteiger charge is -2.34. The monoisotopic (exact) mass is 370 g/mol. The number of ether oxygens (including phenoxy) is 3. The topological polar surface area (TPSA) is 106 Å². The Morgan fingerprint density at radius 2 is 1.81 bits per heavy atom. The largest absolute Gasteiger partial charge is 0.493 e.